The van der Waals surface area contributed by atoms with Gasteiger partial charge in [0, 0.05) is 50.2 Å². The number of piperazine rings is 1. The van der Waals surface area contributed by atoms with E-state index in [9.17, 15) is 14.4 Å². The minimum Gasteiger partial charge on any atom is -0.408 e. The van der Waals surface area contributed by atoms with Gasteiger partial charge in [0.2, 0.25) is 5.91 Å². The fourth-order valence-electron chi connectivity index (χ4n) is 5.30. The number of halogens is 1. The van der Waals surface area contributed by atoms with Crippen molar-refractivity contribution in [1.29, 1.82) is 5.26 Å². The first-order valence-electron chi connectivity index (χ1n) is 15.3. The molecular weight excluding hydrogens is 606 g/mol. The first-order chi connectivity index (χ1) is 21.2. The zero-order valence-electron chi connectivity index (χ0n) is 27.4. The summed E-state index contributed by atoms with van der Waals surface area (Å²) < 4.78 is 21.7. The van der Waals surface area contributed by atoms with Crippen molar-refractivity contribution in [3.05, 3.63) is 58.5 Å². The Hall–Kier alpha value is -3.79. The van der Waals surface area contributed by atoms with E-state index < -0.39 is 8.32 Å². The van der Waals surface area contributed by atoms with Crippen LogP contribution < -0.4 is 9.80 Å². The molecule has 4 aromatic rings. The van der Waals surface area contributed by atoms with Crippen LogP contribution in [0.5, 0.6) is 0 Å². The van der Waals surface area contributed by atoms with E-state index >= 15 is 0 Å². The van der Waals surface area contributed by atoms with Gasteiger partial charge in [-0.15, -0.1) is 0 Å². The molecule has 12 heteroatoms. The fraction of sp³-hybridized carbons (Fsp3) is 0.455. The number of aryl methyl sites for hydroxylation is 2. The largest absolute Gasteiger partial charge is 0.408 e. The van der Waals surface area contributed by atoms with Crippen molar-refractivity contribution in [3.8, 4) is 17.3 Å². The zero-order chi connectivity index (χ0) is 32.7. The number of fused-ring (bicyclic) bond motifs is 1. The molecule has 1 saturated heterocycles. The highest BCUT2D eigenvalue weighted by Crippen LogP contribution is 2.40. The van der Waals surface area contributed by atoms with Gasteiger partial charge in [-0.3, -0.25) is 4.79 Å². The van der Waals surface area contributed by atoms with Gasteiger partial charge < -0.3 is 19.1 Å². The highest BCUT2D eigenvalue weighted by molar-refractivity contribution is 7.16. The number of benzene rings is 1. The molecule has 1 aliphatic heterocycles. The van der Waals surface area contributed by atoms with Crippen molar-refractivity contribution in [3.63, 3.8) is 0 Å². The van der Waals surface area contributed by atoms with Crippen LogP contribution in [0.25, 0.3) is 16.8 Å². The summed E-state index contributed by atoms with van der Waals surface area (Å²) in [5, 5.41) is 15.5. The van der Waals surface area contributed by atoms with Crippen LogP contribution >= 0.6 is 11.3 Å². The summed E-state index contributed by atoms with van der Waals surface area (Å²) in [5.74, 6) is -0.280. The number of aromatic nitrogens is 3. The number of anilines is 3. The summed E-state index contributed by atoms with van der Waals surface area (Å²) in [7, 11) is -0.0502. The molecule has 1 fully saturated rings. The molecule has 1 aliphatic rings. The third kappa shape index (κ3) is 6.48. The first-order valence-corrected chi connectivity index (χ1v) is 19.1. The Bertz CT molecular complexity index is 1750. The maximum atomic E-state index is 13.6. The summed E-state index contributed by atoms with van der Waals surface area (Å²) in [5.41, 5.74) is 6.12. The van der Waals surface area contributed by atoms with Gasteiger partial charge >= 0.3 is 0 Å². The topological polar surface area (TPSA) is 90.0 Å². The SMILES string of the molecule is CCc1nn2c(C)cc(N3CCN(C(=O)CO[Si](C)(C)C(C)(C)C)CC3)cc2c1N(C)c1nc(-c2ccc(F)cc2)c(C#N)s1. The lowest BCUT2D eigenvalue weighted by atomic mass is 10.1. The average Bonchev–Trinajstić information content (AvgIpc) is 3.62. The predicted molar refractivity (Wildman–Crippen MR) is 182 cm³/mol. The molecular formula is C33H42FN7O2SSi. The number of amides is 1. The number of rotatable bonds is 8. The van der Waals surface area contributed by atoms with E-state index in [0.29, 0.717) is 34.4 Å². The second-order valence-corrected chi connectivity index (χ2v) is 18.9. The number of thiazole rings is 1. The molecule has 5 rings (SSSR count). The second kappa shape index (κ2) is 12.5. The molecule has 0 spiro atoms. The molecule has 0 bridgehead atoms. The van der Waals surface area contributed by atoms with Crippen LogP contribution in [0.15, 0.2) is 36.4 Å². The summed E-state index contributed by atoms with van der Waals surface area (Å²) in [6.45, 7) is 17.9. The molecule has 0 saturated carbocycles. The maximum absolute atomic E-state index is 13.6. The maximum Gasteiger partial charge on any atom is 0.247 e. The van der Waals surface area contributed by atoms with E-state index in [1.54, 1.807) is 12.1 Å². The molecule has 0 atom stereocenters. The Morgan fingerprint density at radius 1 is 1.16 bits per heavy atom. The standard InChI is InChI=1S/C33H42FN7O2SSi/c1-9-26-31(38(6)32-36-30(28(20-35)44-32)23-10-12-24(34)13-11-23)27-19-25(18-22(2)41(27)37-26)39-14-16-40(17-15-39)29(42)21-43-45(7,8)33(3,4)5/h10-13,18-19H,9,14-17,21H2,1-8H3. The molecule has 0 aliphatic carbocycles. The lowest BCUT2D eigenvalue weighted by molar-refractivity contribution is -0.134. The minimum atomic E-state index is -2.00. The van der Waals surface area contributed by atoms with Crippen molar-refractivity contribution in [2.24, 2.45) is 0 Å². The van der Waals surface area contributed by atoms with Crippen LogP contribution in [-0.4, -0.2) is 73.6 Å². The van der Waals surface area contributed by atoms with Crippen molar-refractivity contribution in [2.45, 2.75) is 59.2 Å². The van der Waals surface area contributed by atoms with Crippen LogP contribution in [-0.2, 0) is 15.6 Å². The van der Waals surface area contributed by atoms with E-state index in [1.807, 2.05) is 21.4 Å². The van der Waals surface area contributed by atoms with Crippen LogP contribution in [0.3, 0.4) is 0 Å². The highest BCUT2D eigenvalue weighted by atomic mass is 32.1. The molecule has 238 valence electrons. The average molecular weight is 648 g/mol. The monoisotopic (exact) mass is 647 g/mol. The molecule has 45 heavy (non-hydrogen) atoms. The van der Waals surface area contributed by atoms with Gasteiger partial charge in [0.05, 0.1) is 16.9 Å². The lowest BCUT2D eigenvalue weighted by Gasteiger charge is -2.38. The van der Waals surface area contributed by atoms with Crippen LogP contribution in [0, 0.1) is 24.1 Å². The lowest BCUT2D eigenvalue weighted by Crippen LogP contribution is -2.51. The number of hydrogen-bond donors (Lipinski definition) is 0. The van der Waals surface area contributed by atoms with Crippen LogP contribution in [0.2, 0.25) is 18.1 Å². The Balaban J connectivity index is 1.39. The van der Waals surface area contributed by atoms with E-state index in [-0.39, 0.29) is 23.4 Å². The van der Waals surface area contributed by atoms with E-state index in [4.69, 9.17) is 14.5 Å². The molecule has 1 aromatic carbocycles. The van der Waals surface area contributed by atoms with Gasteiger partial charge in [0.1, 0.15) is 29.1 Å². The van der Waals surface area contributed by atoms with Gasteiger partial charge in [-0.05, 0) is 67.9 Å². The second-order valence-electron chi connectivity index (χ2n) is 13.1. The minimum absolute atomic E-state index is 0.0542. The first kappa shape index (κ1) is 32.6. The highest BCUT2D eigenvalue weighted by Gasteiger charge is 2.38. The van der Waals surface area contributed by atoms with E-state index in [1.165, 1.54) is 23.5 Å². The molecule has 9 nitrogen and oxygen atoms in total. The third-order valence-electron chi connectivity index (χ3n) is 9.09. The quantitative estimate of drug-likeness (QED) is 0.195. The van der Waals surface area contributed by atoms with Crippen LogP contribution in [0.4, 0.5) is 20.9 Å². The molecule has 0 N–H and O–H groups in total. The summed E-state index contributed by atoms with van der Waals surface area (Å²) in [4.78, 5) is 24.6. The summed E-state index contributed by atoms with van der Waals surface area (Å²) in [6, 6.07) is 12.6. The fourth-order valence-corrected chi connectivity index (χ4v) is 7.07. The normalized spacial score (nSPS) is 14.2. The van der Waals surface area contributed by atoms with Gasteiger partial charge in [-0.2, -0.15) is 10.4 Å². The van der Waals surface area contributed by atoms with Gasteiger partial charge in [-0.25, -0.2) is 13.9 Å². The summed E-state index contributed by atoms with van der Waals surface area (Å²) >= 11 is 1.31. The smallest absolute Gasteiger partial charge is 0.247 e. The zero-order valence-corrected chi connectivity index (χ0v) is 29.3. The van der Waals surface area contributed by atoms with Gasteiger partial charge in [0.25, 0.3) is 0 Å². The number of carbonyl (C=O) groups excluding carboxylic acids is 1. The Kier molecular flexibility index (Phi) is 9.08. The van der Waals surface area contributed by atoms with Crippen molar-refractivity contribution >= 4 is 47.6 Å². The Labute approximate surface area is 270 Å². The number of carbonyl (C=O) groups is 1. The number of pyridine rings is 1. The number of hydrogen-bond acceptors (Lipinski definition) is 8. The number of nitriles is 1. The third-order valence-corrected chi connectivity index (χ3v) is 14.6. The number of nitrogens with zero attached hydrogens (tertiary/aromatic N) is 7. The van der Waals surface area contributed by atoms with E-state index in [0.717, 1.165) is 47.8 Å². The molecule has 1 amide bonds. The summed E-state index contributed by atoms with van der Waals surface area (Å²) in [6.07, 6.45) is 0.717. The Morgan fingerprint density at radius 3 is 2.42 bits per heavy atom. The van der Waals surface area contributed by atoms with Crippen molar-refractivity contribution in [2.75, 3.05) is 49.6 Å². The molecule has 0 radical (unpaired) electrons. The van der Waals surface area contributed by atoms with Gasteiger partial charge in [0.15, 0.2) is 13.4 Å². The van der Waals surface area contributed by atoms with Crippen molar-refractivity contribution in [1.82, 2.24) is 19.5 Å². The van der Waals surface area contributed by atoms with Crippen molar-refractivity contribution < 1.29 is 13.6 Å². The Morgan fingerprint density at radius 2 is 1.82 bits per heavy atom. The van der Waals surface area contributed by atoms with E-state index in [2.05, 4.69) is 70.8 Å². The molecule has 0 unspecified atom stereocenters. The molecule has 4 heterocycles. The van der Waals surface area contributed by atoms with Gasteiger partial charge in [-0.1, -0.05) is 39.0 Å². The predicted octanol–water partition coefficient (Wildman–Crippen LogP) is 6.78. The molecule has 3 aromatic heterocycles. The van der Waals surface area contributed by atoms with Crippen LogP contribution in [0.1, 0.15) is 44.0 Å².